The van der Waals surface area contributed by atoms with Crippen molar-refractivity contribution in [3.8, 4) is 0 Å². The van der Waals surface area contributed by atoms with Crippen LogP contribution in [0.1, 0.15) is 48.9 Å². The molecule has 1 aromatic rings. The van der Waals surface area contributed by atoms with Gasteiger partial charge in [-0.2, -0.15) is 0 Å². The van der Waals surface area contributed by atoms with Crippen LogP contribution in [-0.4, -0.2) is 28.4 Å². The zero-order chi connectivity index (χ0) is 14.1. The maximum Gasteiger partial charge on any atom is 0.257 e. The number of hydrogen-bond donors (Lipinski definition) is 0. The second-order valence-electron chi connectivity index (χ2n) is 5.74. The maximum atomic E-state index is 12.8. The lowest BCUT2D eigenvalue weighted by Crippen LogP contribution is -2.39. The summed E-state index contributed by atoms with van der Waals surface area (Å²) in [7, 11) is 0. The molecule has 0 N–H and O–H groups in total. The monoisotopic (exact) mass is 356 g/mol. The third kappa shape index (κ3) is 2.73. The van der Waals surface area contributed by atoms with Crippen molar-refractivity contribution in [3.05, 3.63) is 27.5 Å². The molecule has 1 aromatic heterocycles. The Morgan fingerprint density at radius 3 is 2.80 bits per heavy atom. The van der Waals surface area contributed by atoms with E-state index in [2.05, 4.69) is 20.9 Å². The summed E-state index contributed by atoms with van der Waals surface area (Å²) in [5, 5.41) is 0.301. The van der Waals surface area contributed by atoms with Gasteiger partial charge in [-0.05, 0) is 53.6 Å². The third-order valence-corrected chi connectivity index (χ3v) is 5.28. The first-order valence-electron chi connectivity index (χ1n) is 7.29. The molecule has 0 spiro atoms. The largest absolute Gasteiger partial charge is 0.335 e. The Hall–Kier alpha value is -0.610. The minimum absolute atomic E-state index is 0.0400. The van der Waals surface area contributed by atoms with Crippen molar-refractivity contribution in [2.45, 2.75) is 44.6 Å². The number of carbonyl (C=O) groups is 1. The van der Waals surface area contributed by atoms with Gasteiger partial charge in [0.2, 0.25) is 0 Å². The van der Waals surface area contributed by atoms with Gasteiger partial charge in [-0.15, -0.1) is 0 Å². The molecule has 1 atom stereocenters. The van der Waals surface area contributed by atoms with Crippen LogP contribution in [0.25, 0.3) is 0 Å². The number of nitrogens with zero attached hydrogens (tertiary/aromatic N) is 2. The van der Waals surface area contributed by atoms with E-state index in [9.17, 15) is 4.79 Å². The predicted octanol–water partition coefficient (Wildman–Crippen LogP) is 4.29. The Bertz CT molecular complexity index is 517. The van der Waals surface area contributed by atoms with Gasteiger partial charge in [-0.1, -0.05) is 24.4 Å². The van der Waals surface area contributed by atoms with Crippen molar-refractivity contribution in [2.24, 2.45) is 5.92 Å². The molecule has 2 fully saturated rings. The minimum atomic E-state index is 0.0400. The van der Waals surface area contributed by atoms with Crippen LogP contribution in [-0.2, 0) is 0 Å². The summed E-state index contributed by atoms with van der Waals surface area (Å²) in [6, 6.07) is 2.18. The van der Waals surface area contributed by atoms with Crippen molar-refractivity contribution in [2.75, 3.05) is 6.54 Å². The van der Waals surface area contributed by atoms with Crippen LogP contribution >= 0.6 is 27.5 Å². The van der Waals surface area contributed by atoms with Crippen molar-refractivity contribution in [1.29, 1.82) is 0 Å². The van der Waals surface area contributed by atoms with Crippen LogP contribution < -0.4 is 0 Å². The van der Waals surface area contributed by atoms with Crippen LogP contribution in [0.4, 0.5) is 0 Å². The Morgan fingerprint density at radius 2 is 2.05 bits per heavy atom. The van der Waals surface area contributed by atoms with Gasteiger partial charge in [-0.3, -0.25) is 4.79 Å². The van der Waals surface area contributed by atoms with Crippen molar-refractivity contribution >= 4 is 33.4 Å². The Balaban J connectivity index is 1.83. The van der Waals surface area contributed by atoms with Crippen LogP contribution in [0.3, 0.4) is 0 Å². The summed E-state index contributed by atoms with van der Waals surface area (Å²) < 4.78 is 0.793. The fourth-order valence-electron chi connectivity index (χ4n) is 3.60. The van der Waals surface area contributed by atoms with Crippen molar-refractivity contribution < 1.29 is 4.79 Å². The number of amides is 1. The summed E-state index contributed by atoms with van der Waals surface area (Å²) in [5.74, 6) is 0.721. The Morgan fingerprint density at radius 1 is 1.30 bits per heavy atom. The first-order valence-corrected chi connectivity index (χ1v) is 8.46. The lowest BCUT2D eigenvalue weighted by atomic mass is 9.95. The summed E-state index contributed by atoms with van der Waals surface area (Å²) in [6.45, 7) is 0.850. The molecule has 1 amide bonds. The first kappa shape index (κ1) is 14.3. The van der Waals surface area contributed by atoms with Gasteiger partial charge in [0, 0.05) is 23.3 Å². The molecule has 5 heteroatoms. The normalized spacial score (nSPS) is 23.5. The number of pyridine rings is 1. The lowest BCUT2D eigenvalue weighted by molar-refractivity contribution is 0.0689. The van der Waals surface area contributed by atoms with Gasteiger partial charge in [0.1, 0.15) is 5.15 Å². The summed E-state index contributed by atoms with van der Waals surface area (Å²) in [5.41, 5.74) is 0.519. The number of aromatic nitrogens is 1. The van der Waals surface area contributed by atoms with Gasteiger partial charge in [0.15, 0.2) is 0 Å². The molecular weight excluding hydrogens is 340 g/mol. The molecule has 108 valence electrons. The highest BCUT2D eigenvalue weighted by Gasteiger charge is 2.36. The maximum absolute atomic E-state index is 12.8. The topological polar surface area (TPSA) is 33.2 Å². The standard InChI is InChI=1S/C15H18BrClN2O/c16-11-8-12(14(17)18-9-11)15(20)19-7-3-6-13(19)10-4-1-2-5-10/h8-10,13H,1-7H2. The molecule has 1 saturated heterocycles. The Kier molecular flexibility index (Phi) is 4.32. The molecule has 3 rings (SSSR count). The van der Waals surface area contributed by atoms with E-state index in [4.69, 9.17) is 11.6 Å². The number of rotatable bonds is 2. The predicted molar refractivity (Wildman–Crippen MR) is 83.0 cm³/mol. The number of halogens is 2. The highest BCUT2D eigenvalue weighted by molar-refractivity contribution is 9.10. The van der Waals surface area contributed by atoms with Crippen molar-refractivity contribution in [3.63, 3.8) is 0 Å². The van der Waals surface area contributed by atoms with Crippen molar-refractivity contribution in [1.82, 2.24) is 9.88 Å². The lowest BCUT2D eigenvalue weighted by Gasteiger charge is -2.29. The smallest absolute Gasteiger partial charge is 0.257 e. The van der Waals surface area contributed by atoms with Gasteiger partial charge in [0.05, 0.1) is 5.56 Å². The molecule has 0 aromatic carbocycles. The minimum Gasteiger partial charge on any atom is -0.335 e. The van der Waals surface area contributed by atoms with Gasteiger partial charge in [-0.25, -0.2) is 4.98 Å². The number of carbonyl (C=O) groups excluding carboxylic acids is 1. The molecule has 1 unspecified atom stereocenters. The van der Waals surface area contributed by atoms with Gasteiger partial charge >= 0.3 is 0 Å². The van der Waals surface area contributed by atoms with E-state index < -0.39 is 0 Å². The van der Waals surface area contributed by atoms with E-state index >= 15 is 0 Å². The van der Waals surface area contributed by atoms with E-state index in [0.29, 0.717) is 22.7 Å². The van der Waals surface area contributed by atoms with E-state index in [-0.39, 0.29) is 5.91 Å². The quantitative estimate of drug-likeness (QED) is 0.740. The molecule has 3 nitrogen and oxygen atoms in total. The summed E-state index contributed by atoms with van der Waals surface area (Å²) >= 11 is 9.46. The van der Waals surface area contributed by atoms with E-state index in [1.54, 1.807) is 12.3 Å². The summed E-state index contributed by atoms with van der Waals surface area (Å²) in [6.07, 6.45) is 9.00. The number of likely N-dealkylation sites (tertiary alicyclic amines) is 1. The van der Waals surface area contributed by atoms with Crippen LogP contribution in [0.5, 0.6) is 0 Å². The molecule has 2 heterocycles. The Labute approximate surface area is 132 Å². The fraction of sp³-hybridized carbons (Fsp3) is 0.600. The summed E-state index contributed by atoms with van der Waals surface area (Å²) in [4.78, 5) is 18.9. The molecule has 1 saturated carbocycles. The average Bonchev–Trinajstić information content (AvgIpc) is 3.10. The third-order valence-electron chi connectivity index (χ3n) is 4.54. The molecule has 20 heavy (non-hydrogen) atoms. The molecule has 0 bridgehead atoms. The average molecular weight is 358 g/mol. The second-order valence-corrected chi connectivity index (χ2v) is 7.02. The second kappa shape index (κ2) is 6.02. The van der Waals surface area contributed by atoms with Gasteiger partial charge in [0.25, 0.3) is 5.91 Å². The highest BCUT2D eigenvalue weighted by atomic mass is 79.9. The van der Waals surface area contributed by atoms with E-state index in [1.807, 2.05) is 4.90 Å². The van der Waals surface area contributed by atoms with Gasteiger partial charge < -0.3 is 4.90 Å². The zero-order valence-corrected chi connectivity index (χ0v) is 13.7. The zero-order valence-electron chi connectivity index (χ0n) is 11.3. The molecule has 2 aliphatic rings. The fourth-order valence-corrected chi connectivity index (χ4v) is 4.12. The first-order chi connectivity index (χ1) is 9.66. The molecule has 1 aliphatic carbocycles. The van der Waals surface area contributed by atoms with E-state index in [0.717, 1.165) is 23.9 Å². The molecular formula is C15H18BrClN2O. The van der Waals surface area contributed by atoms with Crippen LogP contribution in [0.2, 0.25) is 5.15 Å². The SMILES string of the molecule is O=C(c1cc(Br)cnc1Cl)N1CCCC1C1CCCC1. The van der Waals surface area contributed by atoms with E-state index in [1.165, 1.54) is 25.7 Å². The molecule has 1 aliphatic heterocycles. The van der Waals surface area contributed by atoms with Crippen LogP contribution in [0, 0.1) is 5.92 Å². The highest BCUT2D eigenvalue weighted by Crippen LogP contribution is 2.36. The number of hydrogen-bond acceptors (Lipinski definition) is 2. The molecule has 0 radical (unpaired) electrons. The van der Waals surface area contributed by atoms with Crippen LogP contribution in [0.15, 0.2) is 16.7 Å².